The highest BCUT2D eigenvalue weighted by Crippen LogP contribution is 2.12. The number of phenols is 1. The van der Waals surface area contributed by atoms with Crippen LogP contribution in [0.5, 0.6) is 5.75 Å². The number of hydrogen-bond donors (Lipinski definition) is 2. The van der Waals surface area contributed by atoms with E-state index in [2.05, 4.69) is 0 Å². The van der Waals surface area contributed by atoms with Gasteiger partial charge in [-0.3, -0.25) is 0 Å². The molecule has 1 aromatic carbocycles. The quantitative estimate of drug-likeness (QED) is 0.706. The minimum absolute atomic E-state index is 0.0103. The van der Waals surface area contributed by atoms with Gasteiger partial charge in [0.05, 0.1) is 12.2 Å². The van der Waals surface area contributed by atoms with Crippen LogP contribution in [0.3, 0.4) is 0 Å². The molecule has 4 nitrogen and oxygen atoms in total. The van der Waals surface area contributed by atoms with Crippen molar-refractivity contribution in [2.75, 3.05) is 6.61 Å². The summed E-state index contributed by atoms with van der Waals surface area (Å²) in [6.07, 6.45) is -0.537. The van der Waals surface area contributed by atoms with E-state index in [-0.39, 0.29) is 17.9 Å². The molecule has 0 aromatic heterocycles. The van der Waals surface area contributed by atoms with E-state index in [1.165, 1.54) is 18.2 Å². The Bertz CT molecular complexity index is 322. The molecule has 0 radical (unpaired) electrons. The second kappa shape index (κ2) is 4.62. The molecule has 0 amide bonds. The van der Waals surface area contributed by atoms with Crippen LogP contribution in [0, 0.1) is 0 Å². The number of aliphatic hydroxyl groups is 1. The predicted octanol–water partition coefficient (Wildman–Crippen LogP) is 0.930. The zero-order chi connectivity index (χ0) is 10.6. The van der Waals surface area contributed by atoms with Crippen LogP contribution in [0.2, 0.25) is 0 Å². The monoisotopic (exact) mass is 196 g/mol. The number of hydrogen-bond acceptors (Lipinski definition) is 4. The maximum Gasteiger partial charge on any atom is 0.338 e. The molecule has 0 aliphatic carbocycles. The SMILES string of the molecule is CC(CO)OC(=O)c1cccc(O)c1. The van der Waals surface area contributed by atoms with Gasteiger partial charge in [0.15, 0.2) is 0 Å². The van der Waals surface area contributed by atoms with Crippen molar-refractivity contribution < 1.29 is 19.7 Å². The Morgan fingerprint density at radius 3 is 2.86 bits per heavy atom. The molecule has 0 saturated carbocycles. The average Bonchev–Trinajstić information content (AvgIpc) is 2.17. The molecule has 0 heterocycles. The second-order valence-corrected chi connectivity index (χ2v) is 2.95. The van der Waals surface area contributed by atoms with Gasteiger partial charge in [-0.1, -0.05) is 6.07 Å². The van der Waals surface area contributed by atoms with Gasteiger partial charge in [-0.2, -0.15) is 0 Å². The number of aromatic hydroxyl groups is 1. The highest BCUT2D eigenvalue weighted by molar-refractivity contribution is 5.89. The number of esters is 1. The molecule has 14 heavy (non-hydrogen) atoms. The summed E-state index contributed by atoms with van der Waals surface area (Å²) in [5, 5.41) is 17.8. The van der Waals surface area contributed by atoms with Crippen LogP contribution in [-0.4, -0.2) is 28.9 Å². The summed E-state index contributed by atoms with van der Waals surface area (Å²) in [7, 11) is 0. The highest BCUT2D eigenvalue weighted by atomic mass is 16.5. The summed E-state index contributed by atoms with van der Waals surface area (Å²) in [5.41, 5.74) is 0.269. The van der Waals surface area contributed by atoms with E-state index < -0.39 is 12.1 Å². The van der Waals surface area contributed by atoms with Gasteiger partial charge in [0.25, 0.3) is 0 Å². The third kappa shape index (κ3) is 2.74. The number of ether oxygens (including phenoxy) is 1. The molecule has 1 aromatic rings. The molecule has 0 spiro atoms. The largest absolute Gasteiger partial charge is 0.508 e. The third-order valence-electron chi connectivity index (χ3n) is 1.65. The summed E-state index contributed by atoms with van der Waals surface area (Å²) >= 11 is 0. The standard InChI is InChI=1S/C10H12O4/c1-7(6-11)14-10(13)8-3-2-4-9(12)5-8/h2-5,7,11-12H,6H2,1H3. The minimum atomic E-state index is -0.553. The Kier molecular flexibility index (Phi) is 3.48. The molecule has 4 heteroatoms. The lowest BCUT2D eigenvalue weighted by Gasteiger charge is -2.09. The number of phenolic OH excluding ortho intramolecular Hbond substituents is 1. The second-order valence-electron chi connectivity index (χ2n) is 2.95. The highest BCUT2D eigenvalue weighted by Gasteiger charge is 2.11. The van der Waals surface area contributed by atoms with Crippen molar-refractivity contribution in [2.24, 2.45) is 0 Å². The van der Waals surface area contributed by atoms with E-state index in [4.69, 9.17) is 14.9 Å². The normalized spacial score (nSPS) is 12.1. The fraction of sp³-hybridized carbons (Fsp3) is 0.300. The number of rotatable bonds is 3. The Morgan fingerprint density at radius 2 is 2.29 bits per heavy atom. The van der Waals surface area contributed by atoms with Crippen molar-refractivity contribution in [3.63, 3.8) is 0 Å². The van der Waals surface area contributed by atoms with Gasteiger partial charge in [-0.15, -0.1) is 0 Å². The van der Waals surface area contributed by atoms with Gasteiger partial charge in [-0.25, -0.2) is 4.79 Å². The average molecular weight is 196 g/mol. The first kappa shape index (κ1) is 10.5. The molecule has 1 rings (SSSR count). The number of aliphatic hydroxyl groups excluding tert-OH is 1. The van der Waals surface area contributed by atoms with Crippen molar-refractivity contribution in [3.8, 4) is 5.75 Å². The lowest BCUT2D eigenvalue weighted by molar-refractivity contribution is 0.0196. The molecule has 0 fully saturated rings. The lowest BCUT2D eigenvalue weighted by Crippen LogP contribution is -2.18. The van der Waals surface area contributed by atoms with Crippen molar-refractivity contribution in [3.05, 3.63) is 29.8 Å². The summed E-state index contributed by atoms with van der Waals surface area (Å²) in [6.45, 7) is 1.37. The summed E-state index contributed by atoms with van der Waals surface area (Å²) in [4.78, 5) is 11.3. The van der Waals surface area contributed by atoms with Crippen LogP contribution in [0.1, 0.15) is 17.3 Å². The Morgan fingerprint density at radius 1 is 1.57 bits per heavy atom. The fourth-order valence-corrected chi connectivity index (χ4v) is 0.921. The predicted molar refractivity (Wildman–Crippen MR) is 50.1 cm³/mol. The maximum absolute atomic E-state index is 11.3. The molecule has 2 N–H and O–H groups in total. The smallest absolute Gasteiger partial charge is 0.338 e. The van der Waals surface area contributed by atoms with Crippen LogP contribution in [0.25, 0.3) is 0 Å². The minimum Gasteiger partial charge on any atom is -0.508 e. The van der Waals surface area contributed by atoms with Crippen LogP contribution in [0.15, 0.2) is 24.3 Å². The van der Waals surface area contributed by atoms with E-state index in [1.54, 1.807) is 13.0 Å². The van der Waals surface area contributed by atoms with Gasteiger partial charge in [0.1, 0.15) is 11.9 Å². The lowest BCUT2D eigenvalue weighted by atomic mass is 10.2. The zero-order valence-corrected chi connectivity index (χ0v) is 7.80. The van der Waals surface area contributed by atoms with Crippen LogP contribution in [0.4, 0.5) is 0 Å². The van der Waals surface area contributed by atoms with Gasteiger partial charge >= 0.3 is 5.97 Å². The first-order valence-electron chi connectivity index (χ1n) is 4.24. The molecule has 0 aliphatic heterocycles. The summed E-state index contributed by atoms with van der Waals surface area (Å²) in [6, 6.07) is 5.86. The number of carbonyl (C=O) groups excluding carboxylic acids is 1. The van der Waals surface area contributed by atoms with Crippen molar-refractivity contribution in [1.82, 2.24) is 0 Å². The zero-order valence-electron chi connectivity index (χ0n) is 7.80. The van der Waals surface area contributed by atoms with Crippen molar-refractivity contribution >= 4 is 5.97 Å². The maximum atomic E-state index is 11.3. The van der Waals surface area contributed by atoms with Crippen LogP contribution >= 0.6 is 0 Å². The van der Waals surface area contributed by atoms with E-state index in [9.17, 15) is 4.79 Å². The molecule has 1 atom stereocenters. The van der Waals surface area contributed by atoms with E-state index in [0.29, 0.717) is 0 Å². The summed E-state index contributed by atoms with van der Waals surface area (Å²) in [5.74, 6) is -0.543. The topological polar surface area (TPSA) is 66.8 Å². The van der Waals surface area contributed by atoms with Crippen LogP contribution < -0.4 is 0 Å². The van der Waals surface area contributed by atoms with Crippen molar-refractivity contribution in [1.29, 1.82) is 0 Å². The third-order valence-corrected chi connectivity index (χ3v) is 1.65. The van der Waals surface area contributed by atoms with Crippen molar-refractivity contribution in [2.45, 2.75) is 13.0 Å². The molecular weight excluding hydrogens is 184 g/mol. The molecule has 0 saturated heterocycles. The van der Waals surface area contributed by atoms with Gasteiger partial charge in [-0.05, 0) is 25.1 Å². The molecular formula is C10H12O4. The van der Waals surface area contributed by atoms with Gasteiger partial charge in [0, 0.05) is 0 Å². The van der Waals surface area contributed by atoms with E-state index in [1.807, 2.05) is 0 Å². The first-order valence-corrected chi connectivity index (χ1v) is 4.24. The molecule has 0 aliphatic rings. The van der Waals surface area contributed by atoms with E-state index in [0.717, 1.165) is 0 Å². The first-order chi connectivity index (χ1) is 6.63. The molecule has 0 bridgehead atoms. The Balaban J connectivity index is 2.70. The van der Waals surface area contributed by atoms with Gasteiger partial charge in [0.2, 0.25) is 0 Å². The summed E-state index contributed by atoms with van der Waals surface area (Å²) < 4.78 is 4.84. The Labute approximate surface area is 81.8 Å². The van der Waals surface area contributed by atoms with E-state index >= 15 is 0 Å². The fourth-order valence-electron chi connectivity index (χ4n) is 0.921. The van der Waals surface area contributed by atoms with Crippen LogP contribution in [-0.2, 0) is 4.74 Å². The molecule has 1 unspecified atom stereocenters. The molecule has 76 valence electrons. The van der Waals surface area contributed by atoms with Gasteiger partial charge < -0.3 is 14.9 Å². The Hall–Kier alpha value is -1.55. The number of benzene rings is 1. The number of carbonyl (C=O) groups is 1.